The highest BCUT2D eigenvalue weighted by Crippen LogP contribution is 2.23. The van der Waals surface area contributed by atoms with Crippen LogP contribution in [0.15, 0.2) is 30.9 Å². The first-order chi connectivity index (χ1) is 7.31. The molecular weight excluding hydrogens is 184 g/mol. The van der Waals surface area contributed by atoms with Crippen LogP contribution >= 0.6 is 0 Å². The van der Waals surface area contributed by atoms with Crippen molar-refractivity contribution in [3.05, 3.63) is 42.0 Å². The Morgan fingerprint density at radius 1 is 1.47 bits per heavy atom. The molecule has 2 rings (SSSR count). The molecule has 0 radical (unpaired) electrons. The van der Waals surface area contributed by atoms with Crippen LogP contribution in [0.3, 0.4) is 0 Å². The summed E-state index contributed by atoms with van der Waals surface area (Å²) in [6.45, 7) is 7.02. The molecule has 1 aliphatic heterocycles. The van der Waals surface area contributed by atoms with Gasteiger partial charge in [-0.15, -0.1) is 6.58 Å². The third-order valence-electron chi connectivity index (χ3n) is 3.03. The zero-order chi connectivity index (χ0) is 10.7. The molecule has 1 aromatic rings. The average Bonchev–Trinajstić information content (AvgIpc) is 2.26. The molecular formula is C13H18N2. The van der Waals surface area contributed by atoms with Gasteiger partial charge in [-0.25, -0.2) is 0 Å². The van der Waals surface area contributed by atoms with Crippen LogP contribution in [0.25, 0.3) is 0 Å². The predicted molar refractivity (Wildman–Crippen MR) is 64.6 cm³/mol. The summed E-state index contributed by atoms with van der Waals surface area (Å²) >= 11 is 0. The second kappa shape index (κ2) is 4.49. The highest BCUT2D eigenvalue weighted by atomic mass is 15.1. The minimum Gasteiger partial charge on any atom is -0.398 e. The summed E-state index contributed by atoms with van der Waals surface area (Å²) < 4.78 is 0. The van der Waals surface area contributed by atoms with E-state index >= 15 is 0 Å². The Kier molecular flexibility index (Phi) is 3.07. The Hall–Kier alpha value is -1.28. The summed E-state index contributed by atoms with van der Waals surface area (Å²) in [5.74, 6) is 0. The summed E-state index contributed by atoms with van der Waals surface area (Å²) in [6.07, 6.45) is 4.13. The van der Waals surface area contributed by atoms with E-state index in [0.717, 1.165) is 38.2 Å². The van der Waals surface area contributed by atoms with E-state index < -0.39 is 0 Å². The normalized spacial score (nSPS) is 16.0. The van der Waals surface area contributed by atoms with Gasteiger partial charge in [0.1, 0.15) is 0 Å². The molecule has 0 saturated heterocycles. The highest BCUT2D eigenvalue weighted by molar-refractivity contribution is 5.51. The monoisotopic (exact) mass is 202 g/mol. The van der Waals surface area contributed by atoms with Crippen molar-refractivity contribution in [1.82, 2.24) is 4.90 Å². The SMILES string of the molecule is C=CCCN1CCc2c(N)cccc2C1. The van der Waals surface area contributed by atoms with Gasteiger partial charge in [0.25, 0.3) is 0 Å². The summed E-state index contributed by atoms with van der Waals surface area (Å²) in [7, 11) is 0. The fourth-order valence-corrected chi connectivity index (χ4v) is 2.16. The van der Waals surface area contributed by atoms with E-state index in [-0.39, 0.29) is 0 Å². The molecule has 0 aliphatic carbocycles. The Morgan fingerprint density at radius 3 is 3.13 bits per heavy atom. The van der Waals surface area contributed by atoms with Gasteiger partial charge in [0.05, 0.1) is 0 Å². The van der Waals surface area contributed by atoms with Crippen molar-refractivity contribution in [2.75, 3.05) is 18.8 Å². The number of benzene rings is 1. The topological polar surface area (TPSA) is 29.3 Å². The molecule has 0 atom stereocenters. The van der Waals surface area contributed by atoms with Crippen LogP contribution in [0.5, 0.6) is 0 Å². The minimum atomic E-state index is 0.955. The van der Waals surface area contributed by atoms with Crippen LogP contribution in [-0.4, -0.2) is 18.0 Å². The Labute approximate surface area is 91.4 Å². The maximum absolute atomic E-state index is 5.95. The average molecular weight is 202 g/mol. The lowest BCUT2D eigenvalue weighted by molar-refractivity contribution is 0.259. The van der Waals surface area contributed by atoms with Crippen molar-refractivity contribution in [1.29, 1.82) is 0 Å². The van der Waals surface area contributed by atoms with Gasteiger partial charge < -0.3 is 5.73 Å². The Balaban J connectivity index is 2.10. The van der Waals surface area contributed by atoms with Crippen molar-refractivity contribution in [3.63, 3.8) is 0 Å². The lowest BCUT2D eigenvalue weighted by atomic mass is 9.98. The van der Waals surface area contributed by atoms with E-state index in [1.165, 1.54) is 11.1 Å². The summed E-state index contributed by atoms with van der Waals surface area (Å²) in [5.41, 5.74) is 9.65. The van der Waals surface area contributed by atoms with Crippen molar-refractivity contribution in [3.8, 4) is 0 Å². The number of nitrogens with two attached hydrogens (primary N) is 1. The molecule has 2 N–H and O–H groups in total. The fourth-order valence-electron chi connectivity index (χ4n) is 2.16. The number of hydrogen-bond acceptors (Lipinski definition) is 2. The van der Waals surface area contributed by atoms with Gasteiger partial charge in [0.15, 0.2) is 0 Å². The third kappa shape index (κ3) is 2.21. The lowest BCUT2D eigenvalue weighted by Crippen LogP contribution is -2.31. The number of fused-ring (bicyclic) bond motifs is 1. The first-order valence-electron chi connectivity index (χ1n) is 5.50. The molecule has 15 heavy (non-hydrogen) atoms. The number of anilines is 1. The first-order valence-corrected chi connectivity index (χ1v) is 5.50. The van der Waals surface area contributed by atoms with E-state index in [2.05, 4.69) is 17.5 Å². The van der Waals surface area contributed by atoms with Gasteiger partial charge in [-0.05, 0) is 30.0 Å². The maximum atomic E-state index is 5.95. The third-order valence-corrected chi connectivity index (χ3v) is 3.03. The molecule has 0 fully saturated rings. The van der Waals surface area contributed by atoms with E-state index in [4.69, 9.17) is 5.73 Å². The standard InChI is InChI=1S/C13H18N2/c1-2-3-8-15-9-7-12-11(10-15)5-4-6-13(12)14/h2,4-6H,1,3,7-10,14H2. The number of hydrogen-bond donors (Lipinski definition) is 1. The molecule has 0 spiro atoms. The van der Waals surface area contributed by atoms with Gasteiger partial charge >= 0.3 is 0 Å². The minimum absolute atomic E-state index is 0.955. The van der Waals surface area contributed by atoms with Crippen molar-refractivity contribution >= 4 is 5.69 Å². The largest absolute Gasteiger partial charge is 0.398 e. The van der Waals surface area contributed by atoms with Gasteiger partial charge in [0.2, 0.25) is 0 Å². The van der Waals surface area contributed by atoms with Gasteiger partial charge in [-0.2, -0.15) is 0 Å². The number of rotatable bonds is 3. The number of nitrogen functional groups attached to an aromatic ring is 1. The second-order valence-corrected chi connectivity index (χ2v) is 4.09. The van der Waals surface area contributed by atoms with E-state index in [0.29, 0.717) is 0 Å². The molecule has 0 saturated carbocycles. The van der Waals surface area contributed by atoms with Crippen molar-refractivity contribution in [2.45, 2.75) is 19.4 Å². The van der Waals surface area contributed by atoms with E-state index in [1.54, 1.807) is 0 Å². The van der Waals surface area contributed by atoms with Gasteiger partial charge in [-0.3, -0.25) is 4.90 Å². The quantitative estimate of drug-likeness (QED) is 0.601. The van der Waals surface area contributed by atoms with Gasteiger partial charge in [-0.1, -0.05) is 18.2 Å². The molecule has 0 bridgehead atoms. The Morgan fingerprint density at radius 2 is 2.33 bits per heavy atom. The molecule has 0 aromatic heterocycles. The maximum Gasteiger partial charge on any atom is 0.0350 e. The van der Waals surface area contributed by atoms with E-state index in [9.17, 15) is 0 Å². The van der Waals surface area contributed by atoms with E-state index in [1.807, 2.05) is 18.2 Å². The van der Waals surface area contributed by atoms with Crippen LogP contribution in [-0.2, 0) is 13.0 Å². The molecule has 1 aromatic carbocycles. The first kappa shape index (κ1) is 10.2. The molecule has 1 heterocycles. The van der Waals surface area contributed by atoms with Crippen LogP contribution in [0.4, 0.5) is 5.69 Å². The number of nitrogens with zero attached hydrogens (tertiary/aromatic N) is 1. The van der Waals surface area contributed by atoms with Crippen molar-refractivity contribution < 1.29 is 0 Å². The van der Waals surface area contributed by atoms with Gasteiger partial charge in [0, 0.05) is 25.3 Å². The summed E-state index contributed by atoms with van der Waals surface area (Å²) in [4.78, 5) is 2.46. The van der Waals surface area contributed by atoms with Crippen LogP contribution in [0, 0.1) is 0 Å². The molecule has 0 unspecified atom stereocenters. The highest BCUT2D eigenvalue weighted by Gasteiger charge is 2.16. The van der Waals surface area contributed by atoms with Crippen LogP contribution in [0.2, 0.25) is 0 Å². The second-order valence-electron chi connectivity index (χ2n) is 4.09. The fraction of sp³-hybridized carbons (Fsp3) is 0.385. The zero-order valence-electron chi connectivity index (χ0n) is 9.08. The van der Waals surface area contributed by atoms with Crippen molar-refractivity contribution in [2.24, 2.45) is 0 Å². The molecule has 0 amide bonds. The summed E-state index contributed by atoms with van der Waals surface area (Å²) in [5, 5.41) is 0. The molecule has 2 nitrogen and oxygen atoms in total. The zero-order valence-corrected chi connectivity index (χ0v) is 9.08. The predicted octanol–water partition coefficient (Wildman–Crippen LogP) is 2.20. The summed E-state index contributed by atoms with van der Waals surface area (Å²) in [6, 6.07) is 6.23. The smallest absolute Gasteiger partial charge is 0.0350 e. The molecule has 1 aliphatic rings. The lowest BCUT2D eigenvalue weighted by Gasteiger charge is -2.29. The van der Waals surface area contributed by atoms with Crippen LogP contribution in [0.1, 0.15) is 17.5 Å². The van der Waals surface area contributed by atoms with Crippen LogP contribution < -0.4 is 5.73 Å². The molecule has 80 valence electrons. The Bertz CT molecular complexity index is 358. The molecule has 2 heteroatoms.